The first-order valence-corrected chi connectivity index (χ1v) is 14.0. The molecule has 0 spiro atoms. The fourth-order valence-corrected chi connectivity index (χ4v) is 6.64. The van der Waals surface area contributed by atoms with Crippen molar-refractivity contribution in [2.24, 2.45) is 17.8 Å². The van der Waals surface area contributed by atoms with E-state index in [0.717, 1.165) is 43.5 Å². The van der Waals surface area contributed by atoms with Crippen LogP contribution in [0.1, 0.15) is 83.1 Å². The van der Waals surface area contributed by atoms with Crippen molar-refractivity contribution in [1.82, 2.24) is 9.80 Å². The van der Waals surface area contributed by atoms with Crippen LogP contribution >= 0.6 is 0 Å². The third kappa shape index (κ3) is 7.33. The van der Waals surface area contributed by atoms with Gasteiger partial charge in [0.25, 0.3) is 0 Å². The molecule has 0 radical (unpaired) electrons. The Morgan fingerprint density at radius 1 is 1.00 bits per heavy atom. The number of nitrogens with zero attached hydrogens (tertiary/aromatic N) is 2. The number of benzene rings is 1. The third-order valence-electron chi connectivity index (χ3n) is 8.88. The monoisotopic (exact) mass is 452 g/mol. The normalized spacial score (nSPS) is 31.0. The minimum absolute atomic E-state index is 0.274. The molecule has 0 amide bonds. The van der Waals surface area contributed by atoms with Crippen LogP contribution in [0.15, 0.2) is 42.6 Å². The molecule has 33 heavy (non-hydrogen) atoms. The second-order valence-corrected chi connectivity index (χ2v) is 11.0. The summed E-state index contributed by atoms with van der Waals surface area (Å²) in [7, 11) is 2.32. The fourth-order valence-electron chi connectivity index (χ4n) is 6.64. The van der Waals surface area contributed by atoms with Gasteiger partial charge in [0, 0.05) is 19.1 Å². The summed E-state index contributed by atoms with van der Waals surface area (Å²) >= 11 is 0. The third-order valence-corrected chi connectivity index (χ3v) is 8.88. The highest BCUT2D eigenvalue weighted by molar-refractivity contribution is 5.15. The zero-order valence-corrected chi connectivity index (χ0v) is 21.3. The van der Waals surface area contributed by atoms with Crippen LogP contribution in [0.5, 0.6) is 0 Å². The van der Waals surface area contributed by atoms with E-state index in [9.17, 15) is 0 Å². The van der Waals surface area contributed by atoms with E-state index in [0.29, 0.717) is 0 Å². The molecule has 1 aliphatic carbocycles. The van der Waals surface area contributed by atoms with Gasteiger partial charge in [-0.3, -0.25) is 0 Å². The van der Waals surface area contributed by atoms with Gasteiger partial charge in [-0.25, -0.2) is 0 Å². The molecule has 2 bridgehead atoms. The van der Waals surface area contributed by atoms with Crippen molar-refractivity contribution in [1.29, 1.82) is 0 Å². The second kappa shape index (κ2) is 13.0. The highest BCUT2D eigenvalue weighted by atomic mass is 16.5. The first-order valence-electron chi connectivity index (χ1n) is 14.0. The van der Waals surface area contributed by atoms with Crippen LogP contribution in [0.25, 0.3) is 0 Å². The van der Waals surface area contributed by atoms with Crippen molar-refractivity contribution in [2.75, 3.05) is 26.7 Å². The Labute approximate surface area is 203 Å². The summed E-state index contributed by atoms with van der Waals surface area (Å²) in [6, 6.07) is 11.8. The Balaban J connectivity index is 1.23. The predicted molar refractivity (Wildman–Crippen MR) is 139 cm³/mol. The summed E-state index contributed by atoms with van der Waals surface area (Å²) in [5, 5.41) is 0. The van der Waals surface area contributed by atoms with E-state index in [4.69, 9.17) is 4.74 Å². The standard InChI is InChI=1S/C30H48N2O/c1-3-27-18-20-32-19-10-5-4-9-13-28(27)24-30(32)33-22-21-31(2)29-16-14-26(15-17-29)23-25-11-7-6-8-12-25/h6-8,10-12,19,26-30H,3-5,9,13-18,20-24H2,1-2H3. The molecule has 3 nitrogen and oxygen atoms in total. The number of likely N-dealkylation sites (N-methyl/N-ethyl adjacent to an activating group) is 1. The van der Waals surface area contributed by atoms with Crippen LogP contribution in [0, 0.1) is 17.8 Å². The number of allylic oxidation sites excluding steroid dienone is 1. The van der Waals surface area contributed by atoms with E-state index < -0.39 is 0 Å². The largest absolute Gasteiger partial charge is 0.357 e. The number of rotatable bonds is 8. The highest BCUT2D eigenvalue weighted by Gasteiger charge is 2.31. The maximum atomic E-state index is 6.62. The van der Waals surface area contributed by atoms with E-state index in [1.54, 1.807) is 0 Å². The van der Waals surface area contributed by atoms with Crippen molar-refractivity contribution in [3.63, 3.8) is 0 Å². The van der Waals surface area contributed by atoms with Gasteiger partial charge < -0.3 is 14.5 Å². The van der Waals surface area contributed by atoms with Crippen LogP contribution < -0.4 is 0 Å². The van der Waals surface area contributed by atoms with Gasteiger partial charge in [-0.15, -0.1) is 0 Å². The van der Waals surface area contributed by atoms with Gasteiger partial charge in [-0.2, -0.15) is 0 Å². The fraction of sp³-hybridized carbons (Fsp3) is 0.733. The lowest BCUT2D eigenvalue weighted by atomic mass is 9.82. The second-order valence-electron chi connectivity index (χ2n) is 11.0. The van der Waals surface area contributed by atoms with Gasteiger partial charge in [0.05, 0.1) is 6.61 Å². The Hall–Kier alpha value is -1.32. The molecule has 1 saturated heterocycles. The lowest BCUT2D eigenvalue weighted by Crippen LogP contribution is -2.40. The molecule has 3 heteroatoms. The van der Waals surface area contributed by atoms with Gasteiger partial charge in [-0.1, -0.05) is 62.6 Å². The summed E-state index contributed by atoms with van der Waals surface area (Å²) in [6.45, 7) is 5.47. The van der Waals surface area contributed by atoms with E-state index in [1.807, 2.05) is 0 Å². The molecule has 1 aromatic rings. The van der Waals surface area contributed by atoms with Crippen molar-refractivity contribution in [3.05, 3.63) is 48.2 Å². The molecule has 3 aliphatic rings. The molecule has 184 valence electrons. The van der Waals surface area contributed by atoms with Gasteiger partial charge in [0.1, 0.15) is 6.23 Å². The van der Waals surface area contributed by atoms with E-state index in [-0.39, 0.29) is 6.23 Å². The molecule has 1 aromatic carbocycles. The topological polar surface area (TPSA) is 15.7 Å². The summed E-state index contributed by atoms with van der Waals surface area (Å²) in [6.07, 6.45) is 20.9. The van der Waals surface area contributed by atoms with Crippen LogP contribution in [0.3, 0.4) is 0 Å². The Bertz CT molecular complexity index is 697. The van der Waals surface area contributed by atoms with Crippen LogP contribution in [-0.4, -0.2) is 48.8 Å². The Morgan fingerprint density at radius 2 is 1.82 bits per heavy atom. The first-order chi connectivity index (χ1) is 16.2. The summed E-state index contributed by atoms with van der Waals surface area (Å²) in [5.41, 5.74) is 1.51. The average molecular weight is 453 g/mol. The van der Waals surface area contributed by atoms with Gasteiger partial charge in [0.2, 0.25) is 0 Å². The van der Waals surface area contributed by atoms with Crippen LogP contribution in [0.4, 0.5) is 0 Å². The number of hydrogen-bond donors (Lipinski definition) is 0. The van der Waals surface area contributed by atoms with Crippen LogP contribution in [-0.2, 0) is 11.2 Å². The molecule has 4 rings (SSSR count). The quantitative estimate of drug-likeness (QED) is 0.427. The molecule has 3 atom stereocenters. The first kappa shape index (κ1) is 24.8. The zero-order chi connectivity index (χ0) is 22.9. The summed E-state index contributed by atoms with van der Waals surface area (Å²) < 4.78 is 6.62. The Kier molecular flexibility index (Phi) is 9.73. The van der Waals surface area contributed by atoms with Crippen LogP contribution in [0.2, 0.25) is 0 Å². The lowest BCUT2D eigenvalue weighted by Gasteiger charge is -2.36. The number of hydrogen-bond acceptors (Lipinski definition) is 3. The van der Waals surface area contributed by atoms with Crippen molar-refractivity contribution < 1.29 is 4.74 Å². The summed E-state index contributed by atoms with van der Waals surface area (Å²) in [5.74, 6) is 2.58. The number of ether oxygens (including phenoxy) is 1. The van der Waals surface area contributed by atoms with E-state index in [2.05, 4.69) is 66.4 Å². The molecule has 2 aliphatic heterocycles. The minimum atomic E-state index is 0.274. The SMILES string of the molecule is CCC1CCN2C=CCCCCC1CC2OCCN(C)C1CCC(Cc2ccccc2)CC1. The van der Waals surface area contributed by atoms with Gasteiger partial charge >= 0.3 is 0 Å². The van der Waals surface area contributed by atoms with E-state index in [1.165, 1.54) is 82.6 Å². The minimum Gasteiger partial charge on any atom is -0.357 e. The molecule has 2 fully saturated rings. The predicted octanol–water partition coefficient (Wildman–Crippen LogP) is 6.89. The summed E-state index contributed by atoms with van der Waals surface area (Å²) in [4.78, 5) is 5.12. The maximum absolute atomic E-state index is 6.62. The Morgan fingerprint density at radius 3 is 2.61 bits per heavy atom. The average Bonchev–Trinajstić information content (AvgIpc) is 3.03. The van der Waals surface area contributed by atoms with Gasteiger partial charge in [0.15, 0.2) is 0 Å². The van der Waals surface area contributed by atoms with Gasteiger partial charge in [-0.05, 0) is 94.4 Å². The number of fused-ring (bicyclic) bond motifs is 3. The molecular formula is C30H48N2O. The lowest BCUT2D eigenvalue weighted by molar-refractivity contribution is -0.0531. The molecule has 1 saturated carbocycles. The zero-order valence-electron chi connectivity index (χ0n) is 21.3. The van der Waals surface area contributed by atoms with Crippen molar-refractivity contribution in [2.45, 2.75) is 96.2 Å². The smallest absolute Gasteiger partial charge is 0.129 e. The van der Waals surface area contributed by atoms with E-state index >= 15 is 0 Å². The van der Waals surface area contributed by atoms with Crippen molar-refractivity contribution in [3.8, 4) is 0 Å². The highest BCUT2D eigenvalue weighted by Crippen LogP contribution is 2.35. The molecule has 0 aromatic heterocycles. The molecule has 3 unspecified atom stereocenters. The molecular weight excluding hydrogens is 404 g/mol. The molecule has 0 N–H and O–H groups in total. The maximum Gasteiger partial charge on any atom is 0.129 e. The molecule has 2 heterocycles. The van der Waals surface area contributed by atoms with Crippen molar-refractivity contribution >= 4 is 0 Å².